The summed E-state index contributed by atoms with van der Waals surface area (Å²) in [4.78, 5) is 11.3. The maximum Gasteiger partial charge on any atom is 0.249 e. The van der Waals surface area contributed by atoms with Gasteiger partial charge >= 0.3 is 0 Å². The molecule has 0 atom stereocenters. The van der Waals surface area contributed by atoms with Gasteiger partial charge in [0.15, 0.2) is 0 Å². The number of nitrogens with two attached hydrogens (primary N) is 1. The predicted octanol–water partition coefficient (Wildman–Crippen LogP) is 3.17. The highest BCUT2D eigenvalue weighted by Crippen LogP contribution is 2.24. The molecule has 0 aliphatic carbocycles. The van der Waals surface area contributed by atoms with Crippen molar-refractivity contribution in [1.29, 1.82) is 0 Å². The van der Waals surface area contributed by atoms with E-state index in [4.69, 9.17) is 5.73 Å². The van der Waals surface area contributed by atoms with Gasteiger partial charge in [0.05, 0.1) is 0 Å². The number of rotatable bonds is 4. The van der Waals surface area contributed by atoms with Crippen LogP contribution < -0.4 is 11.1 Å². The van der Waals surface area contributed by atoms with E-state index in [2.05, 4.69) is 21.2 Å². The van der Waals surface area contributed by atoms with E-state index in [1.807, 2.05) is 19.1 Å². The van der Waals surface area contributed by atoms with Gasteiger partial charge in [-0.25, -0.2) is 0 Å². The molecule has 0 aliphatic rings. The fourth-order valence-corrected chi connectivity index (χ4v) is 2.39. The van der Waals surface area contributed by atoms with Crippen LogP contribution in [-0.4, -0.2) is 11.0 Å². The van der Waals surface area contributed by atoms with E-state index < -0.39 is 5.91 Å². The van der Waals surface area contributed by atoms with Crippen LogP contribution in [-0.2, 0) is 6.54 Å². The number of primary amides is 1. The van der Waals surface area contributed by atoms with Gasteiger partial charge < -0.3 is 16.2 Å². The van der Waals surface area contributed by atoms with E-state index in [9.17, 15) is 9.90 Å². The molecule has 0 unspecified atom stereocenters. The molecule has 1 amide bonds. The number of carbonyl (C=O) groups is 1. The van der Waals surface area contributed by atoms with Crippen LogP contribution in [0.25, 0.3) is 0 Å². The van der Waals surface area contributed by atoms with Crippen molar-refractivity contribution in [2.75, 3.05) is 5.32 Å². The Labute approximate surface area is 125 Å². The average Bonchev–Trinajstić information content (AvgIpc) is 2.41. The number of hydrogen-bond donors (Lipinski definition) is 3. The molecule has 0 saturated carbocycles. The molecule has 0 aliphatic heterocycles. The van der Waals surface area contributed by atoms with Crippen LogP contribution in [0.4, 0.5) is 5.69 Å². The van der Waals surface area contributed by atoms with E-state index in [0.29, 0.717) is 12.1 Å². The minimum Gasteiger partial charge on any atom is -0.508 e. The van der Waals surface area contributed by atoms with Crippen molar-refractivity contribution >= 4 is 27.5 Å². The van der Waals surface area contributed by atoms with Crippen LogP contribution >= 0.6 is 15.9 Å². The second-order valence-corrected chi connectivity index (χ2v) is 5.38. The maximum absolute atomic E-state index is 11.3. The molecule has 20 heavy (non-hydrogen) atoms. The molecule has 0 spiro atoms. The van der Waals surface area contributed by atoms with E-state index >= 15 is 0 Å². The molecule has 4 nitrogen and oxygen atoms in total. The molecule has 0 saturated heterocycles. The van der Waals surface area contributed by atoms with Gasteiger partial charge in [-0.2, -0.15) is 0 Å². The minimum atomic E-state index is -0.448. The molecule has 0 heterocycles. The zero-order valence-electron chi connectivity index (χ0n) is 11.0. The largest absolute Gasteiger partial charge is 0.508 e. The quantitative estimate of drug-likeness (QED) is 0.803. The van der Waals surface area contributed by atoms with Crippen LogP contribution in [0.3, 0.4) is 0 Å². The molecular formula is C15H15BrN2O2. The molecule has 2 rings (SSSR count). The summed E-state index contributed by atoms with van der Waals surface area (Å²) < 4.78 is 0.898. The fourth-order valence-electron chi connectivity index (χ4n) is 1.98. The van der Waals surface area contributed by atoms with Crippen LogP contribution in [0, 0.1) is 6.92 Å². The van der Waals surface area contributed by atoms with Gasteiger partial charge in [0.1, 0.15) is 5.75 Å². The standard InChI is InChI=1S/C15H15BrN2O2/c1-9-12(15(17)20)3-2-4-13(9)18-8-10-7-11(16)5-6-14(10)19/h2-7,18-19H,8H2,1H3,(H2,17,20). The third kappa shape index (κ3) is 3.11. The molecule has 4 N–H and O–H groups in total. The molecule has 0 bridgehead atoms. The Balaban J connectivity index is 2.21. The average molecular weight is 335 g/mol. The van der Waals surface area contributed by atoms with E-state index in [0.717, 1.165) is 21.3 Å². The number of phenols is 1. The fraction of sp³-hybridized carbons (Fsp3) is 0.133. The summed E-state index contributed by atoms with van der Waals surface area (Å²) in [7, 11) is 0. The number of phenolic OH excluding ortho intramolecular Hbond substituents is 1. The maximum atomic E-state index is 11.3. The first kappa shape index (κ1) is 14.4. The first-order valence-corrected chi connectivity index (χ1v) is 6.89. The van der Waals surface area contributed by atoms with Crippen molar-refractivity contribution in [3.8, 4) is 5.75 Å². The van der Waals surface area contributed by atoms with Crippen LogP contribution in [0.2, 0.25) is 0 Å². The number of aromatic hydroxyl groups is 1. The highest BCUT2D eigenvalue weighted by atomic mass is 79.9. The Bertz CT molecular complexity index is 656. The number of anilines is 1. The highest BCUT2D eigenvalue weighted by Gasteiger charge is 2.09. The molecular weight excluding hydrogens is 320 g/mol. The van der Waals surface area contributed by atoms with Crippen LogP contribution in [0.5, 0.6) is 5.75 Å². The summed E-state index contributed by atoms with van der Waals surface area (Å²) in [6.45, 7) is 2.29. The van der Waals surface area contributed by atoms with E-state index in [1.165, 1.54) is 0 Å². The number of halogens is 1. The minimum absolute atomic E-state index is 0.226. The second kappa shape index (κ2) is 5.96. The Morgan fingerprint density at radius 1 is 1.35 bits per heavy atom. The van der Waals surface area contributed by atoms with Crippen molar-refractivity contribution in [3.63, 3.8) is 0 Å². The smallest absolute Gasteiger partial charge is 0.249 e. The number of nitrogens with one attached hydrogen (secondary N) is 1. The molecule has 5 heteroatoms. The topological polar surface area (TPSA) is 75.3 Å². The third-order valence-electron chi connectivity index (χ3n) is 3.11. The molecule has 2 aromatic carbocycles. The normalized spacial score (nSPS) is 10.3. The van der Waals surface area contributed by atoms with E-state index in [-0.39, 0.29) is 5.75 Å². The first-order chi connectivity index (χ1) is 9.49. The number of carbonyl (C=O) groups excluding carboxylic acids is 1. The summed E-state index contributed by atoms with van der Waals surface area (Å²) in [5.41, 5.74) is 8.20. The Morgan fingerprint density at radius 3 is 2.80 bits per heavy atom. The molecule has 104 valence electrons. The summed E-state index contributed by atoms with van der Waals surface area (Å²) in [5.74, 6) is -0.221. The van der Waals surface area contributed by atoms with Gasteiger partial charge in [-0.1, -0.05) is 22.0 Å². The van der Waals surface area contributed by atoms with Gasteiger partial charge in [-0.05, 0) is 42.8 Å². The number of amides is 1. The van der Waals surface area contributed by atoms with Crippen LogP contribution in [0.1, 0.15) is 21.5 Å². The lowest BCUT2D eigenvalue weighted by molar-refractivity contribution is 0.1000. The van der Waals surface area contributed by atoms with Gasteiger partial charge in [0.2, 0.25) is 5.91 Å². The van der Waals surface area contributed by atoms with Crippen molar-refractivity contribution in [2.24, 2.45) is 5.73 Å². The van der Waals surface area contributed by atoms with Gasteiger partial charge in [0, 0.05) is 27.8 Å². The Hall–Kier alpha value is -2.01. The monoisotopic (exact) mass is 334 g/mol. The van der Waals surface area contributed by atoms with Crippen molar-refractivity contribution in [2.45, 2.75) is 13.5 Å². The van der Waals surface area contributed by atoms with Crippen LogP contribution in [0.15, 0.2) is 40.9 Å². The Morgan fingerprint density at radius 2 is 2.10 bits per heavy atom. The molecule has 0 radical (unpaired) electrons. The van der Waals surface area contributed by atoms with E-state index in [1.54, 1.807) is 24.3 Å². The SMILES string of the molecule is Cc1c(NCc2cc(Br)ccc2O)cccc1C(N)=O. The zero-order chi connectivity index (χ0) is 14.7. The zero-order valence-corrected chi connectivity index (χ0v) is 12.6. The van der Waals surface area contributed by atoms with Gasteiger partial charge in [-0.3, -0.25) is 4.79 Å². The summed E-state index contributed by atoms with van der Waals surface area (Å²) in [6.07, 6.45) is 0. The Kier molecular flexibility index (Phi) is 4.29. The summed E-state index contributed by atoms with van der Waals surface area (Å²) in [5, 5.41) is 13.0. The molecule has 2 aromatic rings. The van der Waals surface area contributed by atoms with Crippen molar-refractivity contribution < 1.29 is 9.90 Å². The lowest BCUT2D eigenvalue weighted by Crippen LogP contribution is -2.13. The number of hydrogen-bond acceptors (Lipinski definition) is 3. The second-order valence-electron chi connectivity index (χ2n) is 4.47. The van der Waals surface area contributed by atoms with Gasteiger partial charge in [0.25, 0.3) is 0 Å². The molecule has 0 aromatic heterocycles. The lowest BCUT2D eigenvalue weighted by Gasteiger charge is -2.13. The van der Waals surface area contributed by atoms with Gasteiger partial charge in [-0.15, -0.1) is 0 Å². The summed E-state index contributed by atoms with van der Waals surface area (Å²) >= 11 is 3.37. The third-order valence-corrected chi connectivity index (χ3v) is 3.60. The highest BCUT2D eigenvalue weighted by molar-refractivity contribution is 9.10. The molecule has 0 fully saturated rings. The first-order valence-electron chi connectivity index (χ1n) is 6.09. The lowest BCUT2D eigenvalue weighted by atomic mass is 10.1. The summed E-state index contributed by atoms with van der Waals surface area (Å²) in [6, 6.07) is 10.6. The van der Waals surface area contributed by atoms with Crippen molar-refractivity contribution in [3.05, 3.63) is 57.6 Å². The van der Waals surface area contributed by atoms with Crippen molar-refractivity contribution in [1.82, 2.24) is 0 Å². The number of benzene rings is 2. The predicted molar refractivity (Wildman–Crippen MR) is 82.8 cm³/mol.